The molecule has 5 nitrogen and oxygen atoms in total. The Bertz CT molecular complexity index is 422. The lowest BCUT2D eigenvalue weighted by Crippen LogP contribution is -2.59. The number of hydrogen-bond acceptors (Lipinski definition) is 3. The van der Waals surface area contributed by atoms with Crippen LogP contribution in [0.15, 0.2) is 0 Å². The molecule has 0 bridgehead atoms. The van der Waals surface area contributed by atoms with Gasteiger partial charge >= 0.3 is 12.1 Å². The number of carboxylic acids is 1. The average molecular weight is 299 g/mol. The number of rotatable bonds is 3. The van der Waals surface area contributed by atoms with Crippen LogP contribution in [0.1, 0.15) is 67.7 Å². The first-order valence-electron chi connectivity index (χ1n) is 7.56. The van der Waals surface area contributed by atoms with Gasteiger partial charge in [-0.3, -0.25) is 4.90 Å². The molecule has 0 aromatic heterocycles. The Balaban J connectivity index is 3.18. The Morgan fingerprint density at radius 2 is 1.71 bits per heavy atom. The maximum atomic E-state index is 12.5. The van der Waals surface area contributed by atoms with Crippen LogP contribution in [0.25, 0.3) is 0 Å². The first kappa shape index (κ1) is 17.8. The Kier molecular flexibility index (Phi) is 4.66. The van der Waals surface area contributed by atoms with Crippen LogP contribution >= 0.6 is 0 Å². The first-order valence-corrected chi connectivity index (χ1v) is 7.56. The van der Waals surface area contributed by atoms with Crippen LogP contribution in [0.3, 0.4) is 0 Å². The molecule has 1 unspecified atom stereocenters. The van der Waals surface area contributed by atoms with E-state index in [0.29, 0.717) is 12.8 Å². The van der Waals surface area contributed by atoms with Crippen molar-refractivity contribution in [2.24, 2.45) is 5.41 Å². The highest BCUT2D eigenvalue weighted by atomic mass is 16.6. The van der Waals surface area contributed by atoms with Crippen molar-refractivity contribution in [3.8, 4) is 0 Å². The first-order chi connectivity index (χ1) is 9.31. The Hall–Kier alpha value is -1.26. The topological polar surface area (TPSA) is 66.8 Å². The number of carbonyl (C=O) groups is 2. The van der Waals surface area contributed by atoms with Crippen molar-refractivity contribution in [3.63, 3.8) is 0 Å². The fourth-order valence-electron chi connectivity index (χ4n) is 3.20. The van der Waals surface area contributed by atoms with Crippen molar-refractivity contribution in [2.45, 2.75) is 84.9 Å². The van der Waals surface area contributed by atoms with E-state index in [1.54, 1.807) is 20.8 Å². The Morgan fingerprint density at radius 3 is 2.00 bits per heavy atom. The zero-order valence-electron chi connectivity index (χ0n) is 14.3. The summed E-state index contributed by atoms with van der Waals surface area (Å²) < 4.78 is 5.44. The van der Waals surface area contributed by atoms with E-state index in [4.69, 9.17) is 4.74 Å². The molecule has 0 spiro atoms. The predicted molar refractivity (Wildman–Crippen MR) is 81.2 cm³/mol. The molecule has 0 radical (unpaired) electrons. The quantitative estimate of drug-likeness (QED) is 0.863. The predicted octanol–water partition coefficient (Wildman–Crippen LogP) is 3.67. The highest BCUT2D eigenvalue weighted by Gasteiger charge is 2.55. The number of carboxylic acid groups (broad SMARTS) is 1. The molecule has 122 valence electrons. The molecule has 1 aliphatic rings. The van der Waals surface area contributed by atoms with Gasteiger partial charge in [0.05, 0.1) is 0 Å². The summed E-state index contributed by atoms with van der Waals surface area (Å²) in [6, 6.07) is -0.232. The second-order valence-corrected chi connectivity index (χ2v) is 8.12. The van der Waals surface area contributed by atoms with Crippen molar-refractivity contribution < 1.29 is 19.4 Å². The fourth-order valence-corrected chi connectivity index (χ4v) is 3.20. The van der Waals surface area contributed by atoms with E-state index in [2.05, 4.69) is 0 Å². The van der Waals surface area contributed by atoms with E-state index >= 15 is 0 Å². The van der Waals surface area contributed by atoms with Crippen LogP contribution in [0.4, 0.5) is 4.79 Å². The summed E-state index contributed by atoms with van der Waals surface area (Å²) in [5, 5.41) is 9.81. The van der Waals surface area contributed by atoms with Gasteiger partial charge in [0.25, 0.3) is 0 Å². The van der Waals surface area contributed by atoms with Gasteiger partial charge in [-0.2, -0.15) is 0 Å². The molecule has 1 rings (SSSR count). The third-order valence-electron chi connectivity index (χ3n) is 3.95. The van der Waals surface area contributed by atoms with E-state index in [1.165, 1.54) is 4.90 Å². The Labute approximate surface area is 127 Å². The molecule has 1 atom stereocenters. The van der Waals surface area contributed by atoms with Crippen molar-refractivity contribution in [1.82, 2.24) is 4.90 Å². The van der Waals surface area contributed by atoms with E-state index < -0.39 is 23.2 Å². The van der Waals surface area contributed by atoms with Crippen molar-refractivity contribution in [2.75, 3.05) is 0 Å². The number of nitrogens with zero attached hydrogens (tertiary/aromatic N) is 1. The fraction of sp³-hybridized carbons (Fsp3) is 0.875. The molecular weight excluding hydrogens is 270 g/mol. The van der Waals surface area contributed by atoms with E-state index in [9.17, 15) is 14.7 Å². The molecule has 0 aromatic rings. The molecule has 21 heavy (non-hydrogen) atoms. The molecule has 0 saturated heterocycles. The summed E-state index contributed by atoms with van der Waals surface area (Å²) in [6.07, 6.45) is 1.16. The summed E-state index contributed by atoms with van der Waals surface area (Å²) in [5.41, 5.74) is -1.90. The van der Waals surface area contributed by atoms with E-state index in [1.807, 2.05) is 27.7 Å². The summed E-state index contributed by atoms with van der Waals surface area (Å²) in [6.45, 7) is 13.1. The van der Waals surface area contributed by atoms with Gasteiger partial charge in [0.15, 0.2) is 0 Å². The van der Waals surface area contributed by atoms with Crippen LogP contribution in [0, 0.1) is 5.41 Å². The molecular formula is C16H29NO4. The minimum absolute atomic E-state index is 0.0897. The molecule has 5 heteroatoms. The maximum Gasteiger partial charge on any atom is 0.411 e. The lowest BCUT2D eigenvalue weighted by Gasteiger charge is -2.41. The lowest BCUT2D eigenvalue weighted by molar-refractivity contribution is -0.153. The lowest BCUT2D eigenvalue weighted by atomic mass is 9.86. The van der Waals surface area contributed by atoms with Crippen molar-refractivity contribution >= 4 is 12.1 Å². The minimum Gasteiger partial charge on any atom is -0.479 e. The maximum absolute atomic E-state index is 12.5. The number of aliphatic carboxylic acids is 1. The highest BCUT2D eigenvalue weighted by molar-refractivity contribution is 5.85. The van der Waals surface area contributed by atoms with Gasteiger partial charge in [0.1, 0.15) is 11.1 Å². The number of ether oxygens (including phenoxy) is 1. The zero-order valence-corrected chi connectivity index (χ0v) is 14.3. The molecule has 1 aliphatic carbocycles. The summed E-state index contributed by atoms with van der Waals surface area (Å²) in [5.74, 6) is -0.937. The van der Waals surface area contributed by atoms with Crippen molar-refractivity contribution in [3.05, 3.63) is 0 Å². The van der Waals surface area contributed by atoms with Crippen LogP contribution in [-0.2, 0) is 9.53 Å². The molecule has 1 fully saturated rings. The second kappa shape index (κ2) is 5.50. The smallest absolute Gasteiger partial charge is 0.411 e. The van der Waals surface area contributed by atoms with Gasteiger partial charge in [-0.15, -0.1) is 0 Å². The van der Waals surface area contributed by atoms with Gasteiger partial charge in [0, 0.05) is 6.04 Å². The molecule has 0 aromatic carbocycles. The van der Waals surface area contributed by atoms with Gasteiger partial charge in [-0.05, 0) is 59.3 Å². The zero-order chi connectivity index (χ0) is 16.6. The number of carbonyl (C=O) groups excluding carboxylic acids is 1. The molecule has 0 heterocycles. The molecule has 1 N–H and O–H groups in total. The SMILES string of the molecule is CC(C)N(C(=O)OC(C)(C)C)C1(C(=O)O)CCC(C)(C)C1. The van der Waals surface area contributed by atoms with Crippen LogP contribution in [0.2, 0.25) is 0 Å². The molecule has 0 aliphatic heterocycles. The van der Waals surface area contributed by atoms with Gasteiger partial charge in [-0.1, -0.05) is 13.8 Å². The number of amides is 1. The van der Waals surface area contributed by atoms with Crippen LogP contribution < -0.4 is 0 Å². The third kappa shape index (κ3) is 3.89. The van der Waals surface area contributed by atoms with Crippen LogP contribution in [-0.4, -0.2) is 39.3 Å². The second-order valence-electron chi connectivity index (χ2n) is 8.12. The molecule has 1 saturated carbocycles. The third-order valence-corrected chi connectivity index (χ3v) is 3.95. The van der Waals surface area contributed by atoms with Gasteiger partial charge < -0.3 is 9.84 Å². The number of hydrogen-bond donors (Lipinski definition) is 1. The van der Waals surface area contributed by atoms with Gasteiger partial charge in [0.2, 0.25) is 0 Å². The highest BCUT2D eigenvalue weighted by Crippen LogP contribution is 2.47. The van der Waals surface area contributed by atoms with Gasteiger partial charge in [-0.25, -0.2) is 9.59 Å². The average Bonchev–Trinajstić information content (AvgIpc) is 2.52. The monoisotopic (exact) mass is 299 g/mol. The van der Waals surface area contributed by atoms with E-state index in [-0.39, 0.29) is 11.5 Å². The minimum atomic E-state index is -1.17. The summed E-state index contributed by atoms with van der Waals surface area (Å²) in [4.78, 5) is 26.0. The van der Waals surface area contributed by atoms with Crippen molar-refractivity contribution in [1.29, 1.82) is 0 Å². The van der Waals surface area contributed by atoms with Crippen LogP contribution in [0.5, 0.6) is 0 Å². The normalized spacial score (nSPS) is 25.0. The Morgan fingerprint density at radius 1 is 1.19 bits per heavy atom. The van der Waals surface area contributed by atoms with E-state index in [0.717, 1.165) is 6.42 Å². The molecule has 1 amide bonds. The summed E-state index contributed by atoms with van der Waals surface area (Å²) in [7, 11) is 0. The standard InChI is InChI=1S/C16H29NO4/c1-11(2)17(13(20)21-14(3,4)5)16(12(18)19)9-8-15(6,7)10-16/h11H,8-10H2,1-7H3,(H,18,19). The summed E-state index contributed by atoms with van der Waals surface area (Å²) >= 11 is 0. The largest absolute Gasteiger partial charge is 0.479 e.